The summed E-state index contributed by atoms with van der Waals surface area (Å²) in [7, 11) is 0. The fourth-order valence-electron chi connectivity index (χ4n) is 5.35. The van der Waals surface area contributed by atoms with Gasteiger partial charge in [-0.2, -0.15) is 18.3 Å². The van der Waals surface area contributed by atoms with Crippen molar-refractivity contribution in [2.75, 3.05) is 42.6 Å². The number of nitrogens with one attached hydrogen (secondary N) is 1. The number of piperazine rings is 1. The molecule has 5 heterocycles. The largest absolute Gasteiger partial charge is 0.489 e. The predicted molar refractivity (Wildman–Crippen MR) is 150 cm³/mol. The maximum atomic E-state index is 13.3. The summed E-state index contributed by atoms with van der Waals surface area (Å²) in [4.78, 5) is 42.9. The Kier molecular flexibility index (Phi) is 7.42. The third kappa shape index (κ3) is 5.72. The van der Waals surface area contributed by atoms with Crippen molar-refractivity contribution in [1.82, 2.24) is 30.0 Å². The molecule has 2 aliphatic heterocycles. The van der Waals surface area contributed by atoms with Gasteiger partial charge in [0.05, 0.1) is 35.2 Å². The number of benzene rings is 1. The first kappa shape index (κ1) is 28.1. The topological polar surface area (TPSA) is 120 Å². The Bertz CT molecular complexity index is 1690. The highest BCUT2D eigenvalue weighted by molar-refractivity contribution is 5.94. The Morgan fingerprint density at radius 1 is 1.05 bits per heavy atom. The number of ether oxygens (including phenoxy) is 1. The van der Waals surface area contributed by atoms with Crippen molar-refractivity contribution in [3.63, 3.8) is 0 Å². The zero-order valence-corrected chi connectivity index (χ0v) is 23.1. The molecule has 1 saturated heterocycles. The van der Waals surface area contributed by atoms with E-state index < -0.39 is 11.7 Å². The first-order valence-corrected chi connectivity index (χ1v) is 13.6. The van der Waals surface area contributed by atoms with E-state index in [4.69, 9.17) is 4.74 Å². The molecule has 0 unspecified atom stereocenters. The second-order valence-electron chi connectivity index (χ2n) is 10.3. The molecule has 222 valence electrons. The van der Waals surface area contributed by atoms with E-state index in [0.29, 0.717) is 49.6 Å². The third-order valence-electron chi connectivity index (χ3n) is 7.70. The normalized spacial score (nSPS) is 16.7. The number of aromatic amines is 1. The molecule has 6 rings (SSSR count). The van der Waals surface area contributed by atoms with E-state index in [1.165, 1.54) is 6.20 Å². The minimum Gasteiger partial charge on any atom is -0.489 e. The smallest absolute Gasteiger partial charge is 0.419 e. The first-order valence-electron chi connectivity index (χ1n) is 13.6. The van der Waals surface area contributed by atoms with Crippen LogP contribution >= 0.6 is 0 Å². The lowest BCUT2D eigenvalue weighted by atomic mass is 10.1. The van der Waals surface area contributed by atoms with Gasteiger partial charge in [-0.25, -0.2) is 15.1 Å². The lowest BCUT2D eigenvalue weighted by Gasteiger charge is -2.34. The number of aromatic nitrogens is 5. The van der Waals surface area contributed by atoms with Crippen molar-refractivity contribution >= 4 is 17.5 Å². The molecule has 4 aromatic rings. The van der Waals surface area contributed by atoms with E-state index in [1.807, 2.05) is 24.3 Å². The Morgan fingerprint density at radius 2 is 1.79 bits per heavy atom. The van der Waals surface area contributed by atoms with Crippen LogP contribution < -0.4 is 20.1 Å². The number of alkyl halides is 3. The number of pyridine rings is 1. The number of halogens is 3. The number of rotatable bonds is 6. The fourth-order valence-corrected chi connectivity index (χ4v) is 5.35. The van der Waals surface area contributed by atoms with E-state index in [0.717, 1.165) is 29.2 Å². The standard InChI is InChI=1S/C29H27F3N8O3/c1-18-24(15-36-37-26(18)41)40-16-19-4-2-3-5-23(19)25(40)17-43-22-10-20(11-33-14-22)27(42)38-6-8-39(9-7-38)28-34-12-21(13-35-28)29(30,31)32/h2-5,10-15,25H,6-9,16-17H2,1H3,(H,37,41)/t25-/m0/s1. The average molecular weight is 593 g/mol. The van der Waals surface area contributed by atoms with Crippen LogP contribution in [0.3, 0.4) is 0 Å². The molecule has 0 aliphatic carbocycles. The summed E-state index contributed by atoms with van der Waals surface area (Å²) < 4.78 is 44.6. The monoisotopic (exact) mass is 592 g/mol. The Labute approximate surface area is 244 Å². The maximum absolute atomic E-state index is 13.3. The van der Waals surface area contributed by atoms with E-state index in [9.17, 15) is 22.8 Å². The first-order chi connectivity index (χ1) is 20.7. The molecule has 0 radical (unpaired) electrons. The molecule has 1 fully saturated rings. The van der Waals surface area contributed by atoms with Gasteiger partial charge < -0.3 is 19.4 Å². The molecular formula is C29H27F3N8O3. The van der Waals surface area contributed by atoms with Crippen LogP contribution in [0.4, 0.5) is 24.8 Å². The molecule has 1 amide bonds. The van der Waals surface area contributed by atoms with Gasteiger partial charge in [-0.3, -0.25) is 14.6 Å². The molecule has 1 N–H and O–H groups in total. The second-order valence-corrected chi connectivity index (χ2v) is 10.3. The second kappa shape index (κ2) is 11.3. The number of carbonyl (C=O) groups is 1. The lowest BCUT2D eigenvalue weighted by Crippen LogP contribution is -2.49. The molecular weight excluding hydrogens is 565 g/mol. The van der Waals surface area contributed by atoms with Gasteiger partial charge in [0, 0.05) is 56.9 Å². The number of hydrogen-bond acceptors (Lipinski definition) is 9. The van der Waals surface area contributed by atoms with Crippen molar-refractivity contribution in [3.8, 4) is 5.75 Å². The number of H-pyrrole nitrogens is 1. The average Bonchev–Trinajstić information content (AvgIpc) is 3.39. The number of anilines is 2. The van der Waals surface area contributed by atoms with Gasteiger partial charge in [0.1, 0.15) is 12.4 Å². The number of amides is 1. The summed E-state index contributed by atoms with van der Waals surface area (Å²) >= 11 is 0. The van der Waals surface area contributed by atoms with Crippen LogP contribution in [-0.2, 0) is 12.7 Å². The van der Waals surface area contributed by atoms with Crippen molar-refractivity contribution in [2.45, 2.75) is 25.7 Å². The Hall–Kier alpha value is -5.01. The lowest BCUT2D eigenvalue weighted by molar-refractivity contribution is -0.138. The van der Waals surface area contributed by atoms with Gasteiger partial charge in [0.25, 0.3) is 11.5 Å². The van der Waals surface area contributed by atoms with Crippen LogP contribution in [-0.4, -0.2) is 68.7 Å². The fraction of sp³-hybridized carbons (Fsp3) is 0.310. The number of carbonyl (C=O) groups excluding carboxylic acids is 1. The summed E-state index contributed by atoms with van der Waals surface area (Å²) in [6, 6.07) is 9.46. The minimum absolute atomic E-state index is 0.186. The van der Waals surface area contributed by atoms with Crippen LogP contribution in [0.2, 0.25) is 0 Å². The van der Waals surface area contributed by atoms with Crippen LogP contribution in [0.5, 0.6) is 5.75 Å². The molecule has 14 heteroatoms. The van der Waals surface area contributed by atoms with Crippen LogP contribution in [0.15, 0.2) is 66.1 Å². The Morgan fingerprint density at radius 3 is 2.53 bits per heavy atom. The molecule has 1 atom stereocenters. The van der Waals surface area contributed by atoms with E-state index in [-0.39, 0.29) is 30.1 Å². The van der Waals surface area contributed by atoms with Crippen LogP contribution in [0.25, 0.3) is 0 Å². The van der Waals surface area contributed by atoms with Gasteiger partial charge in [0.15, 0.2) is 0 Å². The summed E-state index contributed by atoms with van der Waals surface area (Å²) in [6.45, 7) is 4.01. The maximum Gasteiger partial charge on any atom is 0.419 e. The van der Waals surface area contributed by atoms with Gasteiger partial charge in [-0.15, -0.1) is 0 Å². The molecule has 1 aromatic carbocycles. The van der Waals surface area contributed by atoms with Gasteiger partial charge in [-0.1, -0.05) is 24.3 Å². The molecule has 0 spiro atoms. The summed E-state index contributed by atoms with van der Waals surface area (Å²) in [5.41, 5.74) is 2.68. The number of fused-ring (bicyclic) bond motifs is 1. The molecule has 2 aliphatic rings. The SMILES string of the molecule is Cc1c(N2Cc3ccccc3[C@@H]2COc2cncc(C(=O)N3CCN(c4ncc(C(F)(F)F)cn4)CC3)c2)cn[nH]c1=O. The van der Waals surface area contributed by atoms with Crippen molar-refractivity contribution in [2.24, 2.45) is 0 Å². The minimum atomic E-state index is -4.50. The van der Waals surface area contributed by atoms with Crippen molar-refractivity contribution in [3.05, 3.63) is 99.5 Å². The quantitative estimate of drug-likeness (QED) is 0.359. The summed E-state index contributed by atoms with van der Waals surface area (Å²) in [5.74, 6) is 0.377. The molecule has 0 saturated carbocycles. The highest BCUT2D eigenvalue weighted by Crippen LogP contribution is 2.38. The van der Waals surface area contributed by atoms with Crippen molar-refractivity contribution in [1.29, 1.82) is 0 Å². The number of nitrogens with zero attached hydrogens (tertiary/aromatic N) is 7. The van der Waals surface area contributed by atoms with E-state index in [2.05, 4.69) is 30.0 Å². The van der Waals surface area contributed by atoms with Crippen molar-refractivity contribution < 1.29 is 22.7 Å². The zero-order valence-electron chi connectivity index (χ0n) is 23.1. The van der Waals surface area contributed by atoms with Crippen LogP contribution in [0.1, 0.15) is 38.7 Å². The third-order valence-corrected chi connectivity index (χ3v) is 7.70. The van der Waals surface area contributed by atoms with Gasteiger partial charge in [0.2, 0.25) is 5.95 Å². The molecule has 0 bridgehead atoms. The zero-order chi connectivity index (χ0) is 30.1. The summed E-state index contributed by atoms with van der Waals surface area (Å²) in [6.07, 6.45) is 1.68. The van der Waals surface area contributed by atoms with E-state index >= 15 is 0 Å². The van der Waals surface area contributed by atoms with E-state index in [1.54, 1.807) is 35.2 Å². The molecule has 43 heavy (non-hydrogen) atoms. The van der Waals surface area contributed by atoms with Gasteiger partial charge in [-0.05, 0) is 24.1 Å². The summed E-state index contributed by atoms with van der Waals surface area (Å²) in [5, 5.41) is 6.46. The number of hydrogen-bond donors (Lipinski definition) is 1. The highest BCUT2D eigenvalue weighted by atomic mass is 19.4. The van der Waals surface area contributed by atoms with Crippen LogP contribution in [0, 0.1) is 6.92 Å². The predicted octanol–water partition coefficient (Wildman–Crippen LogP) is 3.38. The highest BCUT2D eigenvalue weighted by Gasteiger charge is 2.33. The van der Waals surface area contributed by atoms with Gasteiger partial charge >= 0.3 is 6.18 Å². The molecule has 3 aromatic heterocycles. The molecule has 11 nitrogen and oxygen atoms in total. The Balaban J connectivity index is 1.12.